The number of nitrogens with one attached hydrogen (secondary N) is 1. The number of methoxy groups -OCH3 is 1. The van der Waals surface area contributed by atoms with Gasteiger partial charge in [0.25, 0.3) is 5.91 Å². The molecule has 196 valence electrons. The number of ether oxygens (including phenoxy) is 1. The van der Waals surface area contributed by atoms with Crippen LogP contribution in [0.5, 0.6) is 5.75 Å². The molecular formula is C28H30F3N3O3. The van der Waals surface area contributed by atoms with Crippen LogP contribution in [-0.2, 0) is 17.5 Å². The molecule has 1 N–H and O–H groups in total. The number of hydrogen-bond acceptors (Lipinski definition) is 3. The molecule has 2 aromatic carbocycles. The molecule has 0 saturated heterocycles. The van der Waals surface area contributed by atoms with Crippen molar-refractivity contribution in [1.29, 1.82) is 0 Å². The summed E-state index contributed by atoms with van der Waals surface area (Å²) in [6, 6.07) is 11.7. The predicted octanol–water partition coefficient (Wildman–Crippen LogP) is 5.93. The standard InChI is InChI=1S/C28H30F3N3O3/c1-27(26(36)32-20-9-5-3-4-6-10-20)17-33-23-16-22(37-2)13-12-18(23)14-24(33)25(35)34(27)21-11-7-8-19(15-21)28(29,30)31/h7-8,11-16,20H,3-6,9-10,17H2,1-2H3,(H,32,36). The van der Waals surface area contributed by atoms with Gasteiger partial charge in [-0.15, -0.1) is 0 Å². The fourth-order valence-electron chi connectivity index (χ4n) is 5.59. The minimum absolute atomic E-state index is 0.0341. The van der Waals surface area contributed by atoms with E-state index in [1.807, 2.05) is 6.07 Å². The van der Waals surface area contributed by atoms with E-state index in [1.54, 1.807) is 36.8 Å². The lowest BCUT2D eigenvalue weighted by Gasteiger charge is -2.44. The van der Waals surface area contributed by atoms with Crippen LogP contribution in [-0.4, -0.2) is 35.1 Å². The Labute approximate surface area is 213 Å². The van der Waals surface area contributed by atoms with Crippen LogP contribution in [0.3, 0.4) is 0 Å². The lowest BCUT2D eigenvalue weighted by Crippen LogP contribution is -2.65. The number of benzene rings is 2. The Morgan fingerprint density at radius 2 is 1.78 bits per heavy atom. The van der Waals surface area contributed by atoms with Gasteiger partial charge in [0, 0.05) is 23.2 Å². The normalized spacial score (nSPS) is 21.0. The van der Waals surface area contributed by atoms with E-state index in [-0.39, 0.29) is 24.2 Å². The summed E-state index contributed by atoms with van der Waals surface area (Å²) in [7, 11) is 1.55. The molecule has 1 unspecified atom stereocenters. The highest BCUT2D eigenvalue weighted by Crippen LogP contribution is 2.39. The van der Waals surface area contributed by atoms with Crippen LogP contribution in [0.2, 0.25) is 0 Å². The first-order valence-corrected chi connectivity index (χ1v) is 12.6. The van der Waals surface area contributed by atoms with Gasteiger partial charge < -0.3 is 14.6 Å². The maximum atomic E-state index is 14.0. The largest absolute Gasteiger partial charge is 0.497 e. The van der Waals surface area contributed by atoms with Crippen LogP contribution in [0, 0.1) is 0 Å². The summed E-state index contributed by atoms with van der Waals surface area (Å²) >= 11 is 0. The van der Waals surface area contributed by atoms with Crippen molar-refractivity contribution in [3.63, 3.8) is 0 Å². The van der Waals surface area contributed by atoms with Crippen LogP contribution in [0.25, 0.3) is 10.9 Å². The van der Waals surface area contributed by atoms with Crippen LogP contribution in [0.4, 0.5) is 18.9 Å². The van der Waals surface area contributed by atoms with Gasteiger partial charge in [0.15, 0.2) is 0 Å². The van der Waals surface area contributed by atoms with Crippen molar-refractivity contribution in [1.82, 2.24) is 9.88 Å². The lowest BCUT2D eigenvalue weighted by molar-refractivity contribution is -0.137. The molecule has 6 nitrogen and oxygen atoms in total. The van der Waals surface area contributed by atoms with Crippen LogP contribution in [0.1, 0.15) is 61.5 Å². The molecule has 1 aliphatic heterocycles. The van der Waals surface area contributed by atoms with E-state index in [0.29, 0.717) is 11.4 Å². The molecule has 1 saturated carbocycles. The van der Waals surface area contributed by atoms with Gasteiger partial charge in [-0.3, -0.25) is 14.5 Å². The van der Waals surface area contributed by atoms with Crippen molar-refractivity contribution < 1.29 is 27.5 Å². The van der Waals surface area contributed by atoms with Gasteiger partial charge in [-0.25, -0.2) is 0 Å². The number of carbonyl (C=O) groups excluding carboxylic acids is 2. The summed E-state index contributed by atoms with van der Waals surface area (Å²) in [5.41, 5.74) is -1.27. The van der Waals surface area contributed by atoms with Gasteiger partial charge in [-0.1, -0.05) is 31.7 Å². The Morgan fingerprint density at radius 1 is 1.05 bits per heavy atom. The summed E-state index contributed by atoms with van der Waals surface area (Å²) in [4.78, 5) is 29.2. The molecule has 5 rings (SSSR count). The Morgan fingerprint density at radius 3 is 2.46 bits per heavy atom. The van der Waals surface area contributed by atoms with Crippen molar-refractivity contribution in [2.24, 2.45) is 0 Å². The van der Waals surface area contributed by atoms with Crippen molar-refractivity contribution in [2.75, 3.05) is 12.0 Å². The fourth-order valence-corrected chi connectivity index (χ4v) is 5.59. The second-order valence-corrected chi connectivity index (χ2v) is 10.2. The smallest absolute Gasteiger partial charge is 0.416 e. The third-order valence-electron chi connectivity index (χ3n) is 7.60. The number of anilines is 1. The molecule has 37 heavy (non-hydrogen) atoms. The number of hydrogen-bond donors (Lipinski definition) is 1. The molecule has 3 aromatic rings. The first-order chi connectivity index (χ1) is 17.6. The Kier molecular flexibility index (Phi) is 6.41. The number of aromatic nitrogens is 1. The van der Waals surface area contributed by atoms with E-state index in [2.05, 4.69) is 5.32 Å². The van der Waals surface area contributed by atoms with Crippen molar-refractivity contribution in [3.8, 4) is 5.75 Å². The van der Waals surface area contributed by atoms with E-state index in [0.717, 1.165) is 61.6 Å². The van der Waals surface area contributed by atoms with Gasteiger partial charge in [0.2, 0.25) is 5.91 Å². The summed E-state index contributed by atoms with van der Waals surface area (Å²) in [6.45, 7) is 1.71. The molecule has 1 aliphatic carbocycles. The molecule has 1 atom stereocenters. The minimum Gasteiger partial charge on any atom is -0.497 e. The van der Waals surface area contributed by atoms with Crippen molar-refractivity contribution in [3.05, 3.63) is 59.8 Å². The number of alkyl halides is 3. The summed E-state index contributed by atoms with van der Waals surface area (Å²) in [5.74, 6) is -0.300. The zero-order valence-corrected chi connectivity index (χ0v) is 20.9. The van der Waals surface area contributed by atoms with Gasteiger partial charge in [-0.2, -0.15) is 13.2 Å². The maximum absolute atomic E-state index is 14.0. The Hall–Kier alpha value is -3.49. The van der Waals surface area contributed by atoms with Crippen molar-refractivity contribution in [2.45, 2.75) is 69.8 Å². The molecule has 0 spiro atoms. The fraction of sp³-hybridized carbons (Fsp3) is 0.429. The number of rotatable bonds is 4. The SMILES string of the molecule is COc1ccc2cc3n(c2c1)CC(C)(C(=O)NC1CCCCCC1)N(c1cccc(C(F)(F)F)c1)C3=O. The quantitative estimate of drug-likeness (QED) is 0.440. The van der Waals surface area contributed by atoms with Crippen molar-refractivity contribution >= 4 is 28.4 Å². The molecule has 0 radical (unpaired) electrons. The van der Waals surface area contributed by atoms with Gasteiger partial charge in [0.1, 0.15) is 17.0 Å². The first-order valence-electron chi connectivity index (χ1n) is 12.6. The molecule has 2 aliphatic rings. The van der Waals surface area contributed by atoms with E-state index in [1.165, 1.54) is 17.0 Å². The van der Waals surface area contributed by atoms with E-state index < -0.39 is 23.2 Å². The van der Waals surface area contributed by atoms with E-state index in [9.17, 15) is 22.8 Å². The summed E-state index contributed by atoms with van der Waals surface area (Å²) in [5, 5.41) is 3.91. The monoisotopic (exact) mass is 513 g/mol. The van der Waals surface area contributed by atoms with Gasteiger partial charge >= 0.3 is 6.18 Å². The third-order valence-corrected chi connectivity index (χ3v) is 7.60. The predicted molar refractivity (Wildman–Crippen MR) is 135 cm³/mol. The van der Waals surface area contributed by atoms with Crippen LogP contribution in [0.15, 0.2) is 48.5 Å². The number of fused-ring (bicyclic) bond motifs is 3. The Bertz CT molecular complexity index is 1340. The van der Waals surface area contributed by atoms with Gasteiger partial charge in [0.05, 0.1) is 24.7 Å². The average Bonchev–Trinajstić information content (AvgIpc) is 3.03. The average molecular weight is 514 g/mol. The molecule has 2 heterocycles. The topological polar surface area (TPSA) is 63.6 Å². The lowest BCUT2D eigenvalue weighted by atomic mass is 9.92. The molecular weight excluding hydrogens is 483 g/mol. The zero-order chi connectivity index (χ0) is 26.4. The molecule has 9 heteroatoms. The summed E-state index contributed by atoms with van der Waals surface area (Å²) in [6.07, 6.45) is 1.33. The van der Waals surface area contributed by atoms with Crippen LogP contribution < -0.4 is 15.0 Å². The third kappa shape index (κ3) is 4.55. The minimum atomic E-state index is -4.58. The highest BCUT2D eigenvalue weighted by molar-refractivity contribution is 6.14. The number of amides is 2. The first kappa shape index (κ1) is 25.2. The molecule has 1 aromatic heterocycles. The second kappa shape index (κ2) is 9.43. The second-order valence-electron chi connectivity index (χ2n) is 10.2. The van der Waals surface area contributed by atoms with E-state index >= 15 is 0 Å². The zero-order valence-electron chi connectivity index (χ0n) is 20.9. The number of nitrogens with zero attached hydrogens (tertiary/aromatic N) is 2. The molecule has 2 amide bonds. The highest BCUT2D eigenvalue weighted by atomic mass is 19.4. The number of carbonyl (C=O) groups is 2. The van der Waals surface area contributed by atoms with E-state index in [4.69, 9.17) is 4.74 Å². The maximum Gasteiger partial charge on any atom is 0.416 e. The Balaban J connectivity index is 1.63. The molecule has 0 bridgehead atoms. The number of halogens is 3. The van der Waals surface area contributed by atoms with Crippen LogP contribution >= 0.6 is 0 Å². The molecule has 1 fully saturated rings. The summed E-state index contributed by atoms with van der Waals surface area (Å²) < 4.78 is 47.9. The highest BCUT2D eigenvalue weighted by Gasteiger charge is 2.49. The van der Waals surface area contributed by atoms with Gasteiger partial charge in [-0.05, 0) is 56.2 Å².